The van der Waals surface area contributed by atoms with Gasteiger partial charge in [0.25, 0.3) is 5.91 Å². The predicted octanol–water partition coefficient (Wildman–Crippen LogP) is 2.32. The first-order valence-corrected chi connectivity index (χ1v) is 9.70. The molecule has 1 atom stereocenters. The predicted molar refractivity (Wildman–Crippen MR) is 101 cm³/mol. The number of benzene rings is 2. The smallest absolute Gasteiger partial charge is 0.330 e. The number of carboxylic acids is 1. The van der Waals surface area contributed by atoms with Crippen molar-refractivity contribution in [2.24, 2.45) is 0 Å². The van der Waals surface area contributed by atoms with Crippen molar-refractivity contribution >= 4 is 21.9 Å². The van der Waals surface area contributed by atoms with E-state index in [-0.39, 0.29) is 10.5 Å². The number of carbonyl (C=O) groups excluding carboxylic acids is 1. The maximum absolute atomic E-state index is 12.4. The average molecular weight is 390 g/mol. The number of rotatable bonds is 6. The molecule has 0 saturated heterocycles. The molecule has 2 rings (SSSR count). The van der Waals surface area contributed by atoms with E-state index < -0.39 is 33.5 Å². The maximum atomic E-state index is 12.4. The van der Waals surface area contributed by atoms with Crippen molar-refractivity contribution < 1.29 is 23.1 Å². The van der Waals surface area contributed by atoms with Gasteiger partial charge in [-0.15, -0.1) is 0 Å². The highest BCUT2D eigenvalue weighted by Crippen LogP contribution is 2.16. The Hall–Kier alpha value is -2.71. The molecule has 8 heteroatoms. The molecule has 0 aliphatic heterocycles. The molecular weight excluding hydrogens is 368 g/mol. The van der Waals surface area contributed by atoms with Crippen LogP contribution in [0.25, 0.3) is 0 Å². The van der Waals surface area contributed by atoms with E-state index in [1.54, 1.807) is 51.1 Å². The quantitative estimate of drug-likeness (QED) is 0.701. The highest BCUT2D eigenvalue weighted by atomic mass is 32.2. The Labute approximate surface area is 158 Å². The number of sulfonamides is 1. The van der Waals surface area contributed by atoms with Gasteiger partial charge in [0.05, 0.1) is 4.90 Å². The highest BCUT2D eigenvalue weighted by molar-refractivity contribution is 7.89. The lowest BCUT2D eigenvalue weighted by Gasteiger charge is -2.20. The number of aliphatic carboxylic acids is 1. The first-order valence-electron chi connectivity index (χ1n) is 8.22. The van der Waals surface area contributed by atoms with Crippen LogP contribution in [0.2, 0.25) is 0 Å². The fourth-order valence-corrected chi connectivity index (χ4v) is 3.81. The van der Waals surface area contributed by atoms with E-state index >= 15 is 0 Å². The van der Waals surface area contributed by atoms with E-state index in [1.807, 2.05) is 0 Å². The summed E-state index contributed by atoms with van der Waals surface area (Å²) in [6, 6.07) is 12.4. The number of amides is 1. The summed E-state index contributed by atoms with van der Waals surface area (Å²) in [4.78, 5) is 23.9. The van der Waals surface area contributed by atoms with E-state index in [1.165, 1.54) is 24.3 Å². The number of hydrogen-bond donors (Lipinski definition) is 3. The van der Waals surface area contributed by atoms with Gasteiger partial charge in [-0.2, -0.15) is 0 Å². The molecule has 27 heavy (non-hydrogen) atoms. The first kappa shape index (κ1) is 20.6. The highest BCUT2D eigenvalue weighted by Gasteiger charge is 2.24. The third-order valence-electron chi connectivity index (χ3n) is 3.52. The van der Waals surface area contributed by atoms with Crippen LogP contribution in [0.4, 0.5) is 0 Å². The number of nitrogens with one attached hydrogen (secondary N) is 2. The first-order chi connectivity index (χ1) is 12.5. The molecule has 0 radical (unpaired) electrons. The fourth-order valence-electron chi connectivity index (χ4n) is 2.40. The molecule has 0 aliphatic carbocycles. The van der Waals surface area contributed by atoms with Gasteiger partial charge in [0.1, 0.15) is 0 Å². The standard InChI is InChI=1S/C19H22N2O5S/c1-19(2,3)21-27(25,26)15-11-9-14(10-12-15)17(22)20-16(18(23)24)13-7-5-4-6-8-13/h4-12,16,21H,1-3H3,(H,20,22)(H,23,24)/t16-/m1/s1. The summed E-state index contributed by atoms with van der Waals surface area (Å²) in [5, 5.41) is 11.8. The van der Waals surface area contributed by atoms with Gasteiger partial charge in [-0.3, -0.25) is 4.79 Å². The Morgan fingerprint density at radius 3 is 2.00 bits per heavy atom. The molecule has 0 spiro atoms. The Kier molecular flexibility index (Phi) is 6.02. The maximum Gasteiger partial charge on any atom is 0.330 e. The van der Waals surface area contributed by atoms with Crippen molar-refractivity contribution in [2.75, 3.05) is 0 Å². The van der Waals surface area contributed by atoms with Crippen LogP contribution in [0.15, 0.2) is 59.5 Å². The summed E-state index contributed by atoms with van der Waals surface area (Å²) in [7, 11) is -3.72. The van der Waals surface area contributed by atoms with Gasteiger partial charge >= 0.3 is 5.97 Å². The molecule has 0 saturated carbocycles. The van der Waals surface area contributed by atoms with E-state index in [2.05, 4.69) is 10.0 Å². The van der Waals surface area contributed by atoms with E-state index in [4.69, 9.17) is 0 Å². The molecular formula is C19H22N2O5S. The van der Waals surface area contributed by atoms with Gasteiger partial charge in [0.15, 0.2) is 6.04 Å². The zero-order chi connectivity index (χ0) is 20.2. The van der Waals surface area contributed by atoms with Crippen LogP contribution in [0.5, 0.6) is 0 Å². The van der Waals surface area contributed by atoms with Crippen LogP contribution in [0.3, 0.4) is 0 Å². The lowest BCUT2D eigenvalue weighted by Crippen LogP contribution is -2.40. The summed E-state index contributed by atoms with van der Waals surface area (Å²) in [6.45, 7) is 5.17. The Bertz CT molecular complexity index is 917. The van der Waals surface area contributed by atoms with Crippen molar-refractivity contribution in [1.82, 2.24) is 10.0 Å². The molecule has 0 bridgehead atoms. The molecule has 1 amide bonds. The largest absolute Gasteiger partial charge is 0.479 e. The van der Waals surface area contributed by atoms with Crippen LogP contribution in [0.1, 0.15) is 42.7 Å². The lowest BCUT2D eigenvalue weighted by atomic mass is 10.1. The van der Waals surface area contributed by atoms with Gasteiger partial charge in [0.2, 0.25) is 10.0 Å². The average Bonchev–Trinajstić information content (AvgIpc) is 2.58. The molecule has 0 unspecified atom stereocenters. The SMILES string of the molecule is CC(C)(C)NS(=O)(=O)c1ccc(C(=O)N[C@@H](C(=O)O)c2ccccc2)cc1. The van der Waals surface area contributed by atoms with Gasteiger partial charge in [-0.05, 0) is 50.6 Å². The van der Waals surface area contributed by atoms with Gasteiger partial charge in [-0.1, -0.05) is 30.3 Å². The Morgan fingerprint density at radius 1 is 0.963 bits per heavy atom. The molecule has 2 aromatic carbocycles. The van der Waals surface area contributed by atoms with Crippen molar-refractivity contribution in [1.29, 1.82) is 0 Å². The third kappa shape index (κ3) is 5.63. The molecule has 3 N–H and O–H groups in total. The number of carboxylic acid groups (broad SMARTS) is 1. The van der Waals surface area contributed by atoms with Gasteiger partial charge < -0.3 is 10.4 Å². The number of hydrogen-bond acceptors (Lipinski definition) is 4. The van der Waals surface area contributed by atoms with Crippen LogP contribution < -0.4 is 10.0 Å². The Morgan fingerprint density at radius 2 is 1.52 bits per heavy atom. The van der Waals surface area contributed by atoms with Crippen molar-refractivity contribution in [3.63, 3.8) is 0 Å². The van der Waals surface area contributed by atoms with Crippen LogP contribution in [0, 0.1) is 0 Å². The van der Waals surface area contributed by atoms with Crippen LogP contribution in [-0.2, 0) is 14.8 Å². The van der Waals surface area contributed by atoms with Gasteiger partial charge in [-0.25, -0.2) is 17.9 Å². The number of carbonyl (C=O) groups is 2. The summed E-state index contributed by atoms with van der Waals surface area (Å²) in [5.74, 6) is -1.80. The topological polar surface area (TPSA) is 113 Å². The second-order valence-electron chi connectivity index (χ2n) is 7.04. The van der Waals surface area contributed by atoms with E-state index in [0.717, 1.165) is 0 Å². The third-order valence-corrected chi connectivity index (χ3v) is 5.30. The Balaban J connectivity index is 2.19. The minimum Gasteiger partial charge on any atom is -0.479 e. The van der Waals surface area contributed by atoms with Gasteiger partial charge in [0, 0.05) is 11.1 Å². The molecule has 0 fully saturated rings. The summed E-state index contributed by atoms with van der Waals surface area (Å²) < 4.78 is 27.1. The molecule has 0 heterocycles. The van der Waals surface area contributed by atoms with Crippen molar-refractivity contribution in [2.45, 2.75) is 37.2 Å². The van der Waals surface area contributed by atoms with E-state index in [9.17, 15) is 23.1 Å². The van der Waals surface area contributed by atoms with E-state index in [0.29, 0.717) is 5.56 Å². The minimum atomic E-state index is -3.72. The second-order valence-corrected chi connectivity index (χ2v) is 8.72. The molecule has 7 nitrogen and oxygen atoms in total. The minimum absolute atomic E-state index is 0.0202. The molecule has 0 aromatic heterocycles. The molecule has 2 aromatic rings. The second kappa shape index (κ2) is 7.89. The fraction of sp³-hybridized carbons (Fsp3) is 0.263. The van der Waals surface area contributed by atoms with Crippen molar-refractivity contribution in [3.8, 4) is 0 Å². The zero-order valence-electron chi connectivity index (χ0n) is 15.3. The summed E-state index contributed by atoms with van der Waals surface area (Å²) in [6.07, 6.45) is 0. The molecule has 0 aliphatic rings. The summed E-state index contributed by atoms with van der Waals surface area (Å²) in [5.41, 5.74) is -0.0435. The van der Waals surface area contributed by atoms with Crippen molar-refractivity contribution in [3.05, 3.63) is 65.7 Å². The monoisotopic (exact) mass is 390 g/mol. The lowest BCUT2D eigenvalue weighted by molar-refractivity contribution is -0.139. The zero-order valence-corrected chi connectivity index (χ0v) is 16.1. The molecule has 144 valence electrons. The van der Waals surface area contributed by atoms with Crippen LogP contribution >= 0.6 is 0 Å². The van der Waals surface area contributed by atoms with Crippen LogP contribution in [-0.4, -0.2) is 30.9 Å². The summed E-state index contributed by atoms with van der Waals surface area (Å²) >= 11 is 0. The normalized spacial score (nSPS) is 13.0.